The zero-order chi connectivity index (χ0) is 10.0. The molecule has 0 radical (unpaired) electrons. The molecule has 0 fully saturated rings. The van der Waals surface area contributed by atoms with Crippen molar-refractivity contribution in [3.8, 4) is 0 Å². The molecule has 1 nitrogen and oxygen atoms in total. The van der Waals surface area contributed by atoms with Crippen LogP contribution in [0.4, 0.5) is 0 Å². The highest BCUT2D eigenvalue weighted by molar-refractivity contribution is 5.70. The topological polar surface area (TPSA) is 12.4 Å². The summed E-state index contributed by atoms with van der Waals surface area (Å²) in [6.45, 7) is 13.9. The number of aliphatic imine (C=N–C) groups is 1. The average Bonchev–Trinajstić information content (AvgIpc) is 2.01. The number of rotatable bonds is 2. The minimum atomic E-state index is 0.221. The summed E-state index contributed by atoms with van der Waals surface area (Å²) in [7, 11) is 0. The van der Waals surface area contributed by atoms with Gasteiger partial charge in [-0.15, -0.1) is 0 Å². The van der Waals surface area contributed by atoms with Crippen molar-refractivity contribution in [2.75, 3.05) is 0 Å². The van der Waals surface area contributed by atoms with Crippen LogP contribution in [0.15, 0.2) is 29.9 Å². The van der Waals surface area contributed by atoms with Crippen molar-refractivity contribution < 1.29 is 0 Å². The van der Waals surface area contributed by atoms with Gasteiger partial charge in [0.1, 0.15) is 0 Å². The maximum absolute atomic E-state index is 3.95. The molecule has 0 atom stereocenters. The van der Waals surface area contributed by atoms with E-state index in [4.69, 9.17) is 0 Å². The second kappa shape index (κ2) is 8.25. The fraction of sp³-hybridized carbons (Fsp3) is 0.545. The summed E-state index contributed by atoms with van der Waals surface area (Å²) in [5, 5.41) is 0. The van der Waals surface area contributed by atoms with E-state index < -0.39 is 0 Å². The van der Waals surface area contributed by atoms with Gasteiger partial charge in [-0.1, -0.05) is 53.3 Å². The molecule has 0 aromatic rings. The first kappa shape index (κ1) is 13.7. The van der Waals surface area contributed by atoms with E-state index in [1.165, 1.54) is 0 Å². The highest BCUT2D eigenvalue weighted by Gasteiger charge is 2.01. The lowest BCUT2D eigenvalue weighted by Gasteiger charge is -2.09. The van der Waals surface area contributed by atoms with Crippen molar-refractivity contribution in [1.82, 2.24) is 0 Å². The largest absolute Gasteiger partial charge is 0.265 e. The van der Waals surface area contributed by atoms with Gasteiger partial charge < -0.3 is 0 Å². The SMILES string of the molecule is C=CC=N/C=C/C(C)(C)C.CC. The Morgan fingerprint density at radius 3 is 2.00 bits per heavy atom. The molecular weight excluding hydrogens is 146 g/mol. The summed E-state index contributed by atoms with van der Waals surface area (Å²) in [4.78, 5) is 3.95. The second-order valence-electron chi connectivity index (χ2n) is 3.22. The van der Waals surface area contributed by atoms with Gasteiger partial charge in [-0.3, -0.25) is 4.99 Å². The van der Waals surface area contributed by atoms with Gasteiger partial charge >= 0.3 is 0 Å². The summed E-state index contributed by atoms with van der Waals surface area (Å²) in [5.74, 6) is 0. The minimum absolute atomic E-state index is 0.221. The zero-order valence-electron chi connectivity index (χ0n) is 8.96. The first-order valence-corrected chi connectivity index (χ1v) is 4.38. The third-order valence-electron chi connectivity index (χ3n) is 0.852. The number of allylic oxidation sites excluding steroid dienone is 2. The first-order chi connectivity index (χ1) is 5.56. The number of hydrogen-bond acceptors (Lipinski definition) is 1. The molecule has 0 spiro atoms. The third kappa shape index (κ3) is 16.1. The van der Waals surface area contributed by atoms with Gasteiger partial charge in [0.2, 0.25) is 0 Å². The maximum Gasteiger partial charge on any atom is 0.0261 e. The fourth-order valence-corrected chi connectivity index (χ4v) is 0.377. The van der Waals surface area contributed by atoms with Crippen molar-refractivity contribution in [2.45, 2.75) is 34.6 Å². The van der Waals surface area contributed by atoms with Crippen LogP contribution in [0.2, 0.25) is 0 Å². The van der Waals surface area contributed by atoms with E-state index in [2.05, 4.69) is 32.3 Å². The summed E-state index contributed by atoms with van der Waals surface area (Å²) in [6.07, 6.45) is 7.17. The Hall–Kier alpha value is -0.850. The van der Waals surface area contributed by atoms with Gasteiger partial charge in [0.15, 0.2) is 0 Å². The Kier molecular flexibility index (Phi) is 9.43. The average molecular weight is 167 g/mol. The molecule has 0 N–H and O–H groups in total. The molecule has 0 unspecified atom stereocenters. The van der Waals surface area contributed by atoms with E-state index >= 15 is 0 Å². The summed E-state index contributed by atoms with van der Waals surface area (Å²) in [5.41, 5.74) is 0.221. The predicted octanol–water partition coefficient (Wildman–Crippen LogP) is 3.83. The lowest BCUT2D eigenvalue weighted by molar-refractivity contribution is 0.543. The van der Waals surface area contributed by atoms with Crippen LogP contribution >= 0.6 is 0 Å². The van der Waals surface area contributed by atoms with Gasteiger partial charge in [-0.2, -0.15) is 0 Å². The van der Waals surface area contributed by atoms with Crippen LogP contribution in [0.5, 0.6) is 0 Å². The first-order valence-electron chi connectivity index (χ1n) is 4.38. The van der Waals surface area contributed by atoms with Crippen LogP contribution < -0.4 is 0 Å². The van der Waals surface area contributed by atoms with E-state index in [9.17, 15) is 0 Å². The molecule has 0 rings (SSSR count). The summed E-state index contributed by atoms with van der Waals surface area (Å²) in [6, 6.07) is 0. The standard InChI is InChI=1S/C9H15N.C2H6/c1-5-7-10-8-6-9(2,3)4;1-2/h5-8H,1H2,2-4H3;1-2H3/b8-6+,10-7?;. The van der Waals surface area contributed by atoms with Crippen LogP contribution in [0.3, 0.4) is 0 Å². The Balaban J connectivity index is 0. The molecule has 0 aromatic heterocycles. The van der Waals surface area contributed by atoms with E-state index in [0.717, 1.165) is 0 Å². The highest BCUT2D eigenvalue weighted by atomic mass is 14.7. The quantitative estimate of drug-likeness (QED) is 0.554. The number of nitrogens with zero attached hydrogens (tertiary/aromatic N) is 1. The molecular formula is C11H21N. The van der Waals surface area contributed by atoms with E-state index in [0.29, 0.717) is 0 Å². The van der Waals surface area contributed by atoms with Crippen molar-refractivity contribution in [1.29, 1.82) is 0 Å². The third-order valence-corrected chi connectivity index (χ3v) is 0.852. The Morgan fingerprint density at radius 2 is 1.67 bits per heavy atom. The fourth-order valence-electron chi connectivity index (χ4n) is 0.377. The van der Waals surface area contributed by atoms with Crippen LogP contribution in [0.1, 0.15) is 34.6 Å². The second-order valence-corrected chi connectivity index (χ2v) is 3.22. The highest BCUT2D eigenvalue weighted by Crippen LogP contribution is 2.13. The Labute approximate surface area is 76.9 Å². The van der Waals surface area contributed by atoms with Gasteiger partial charge in [0, 0.05) is 12.4 Å². The molecule has 0 aliphatic heterocycles. The predicted molar refractivity (Wildman–Crippen MR) is 58.6 cm³/mol. The minimum Gasteiger partial charge on any atom is -0.265 e. The molecule has 0 aromatic carbocycles. The van der Waals surface area contributed by atoms with Crippen LogP contribution in [-0.4, -0.2) is 6.21 Å². The lowest BCUT2D eigenvalue weighted by atomic mass is 9.97. The van der Waals surface area contributed by atoms with Crippen molar-refractivity contribution >= 4 is 6.21 Å². The van der Waals surface area contributed by atoms with Gasteiger partial charge in [-0.05, 0) is 5.41 Å². The maximum atomic E-state index is 3.95. The number of hydrogen-bond donors (Lipinski definition) is 0. The van der Waals surface area contributed by atoms with E-state index in [-0.39, 0.29) is 5.41 Å². The molecule has 0 amide bonds. The summed E-state index contributed by atoms with van der Waals surface area (Å²) >= 11 is 0. The molecule has 70 valence electrons. The molecule has 0 heterocycles. The van der Waals surface area contributed by atoms with Gasteiger partial charge in [0.25, 0.3) is 0 Å². The lowest BCUT2D eigenvalue weighted by Crippen LogP contribution is -1.97. The molecule has 0 aliphatic carbocycles. The van der Waals surface area contributed by atoms with Gasteiger partial charge in [-0.25, -0.2) is 0 Å². The van der Waals surface area contributed by atoms with Gasteiger partial charge in [0.05, 0.1) is 0 Å². The van der Waals surface area contributed by atoms with Crippen LogP contribution in [0.25, 0.3) is 0 Å². The molecule has 0 bridgehead atoms. The molecule has 0 saturated heterocycles. The molecule has 0 aliphatic rings. The van der Waals surface area contributed by atoms with Crippen LogP contribution in [0, 0.1) is 5.41 Å². The van der Waals surface area contributed by atoms with E-state index in [1.807, 2.05) is 19.9 Å². The summed E-state index contributed by atoms with van der Waals surface area (Å²) < 4.78 is 0. The van der Waals surface area contributed by atoms with Crippen molar-refractivity contribution in [3.63, 3.8) is 0 Å². The molecule has 12 heavy (non-hydrogen) atoms. The smallest absolute Gasteiger partial charge is 0.0261 e. The zero-order valence-corrected chi connectivity index (χ0v) is 8.96. The van der Waals surface area contributed by atoms with Crippen molar-refractivity contribution in [2.24, 2.45) is 10.4 Å². The molecule has 0 saturated carbocycles. The molecule has 1 heteroatoms. The van der Waals surface area contributed by atoms with Crippen LogP contribution in [-0.2, 0) is 0 Å². The van der Waals surface area contributed by atoms with E-state index in [1.54, 1.807) is 18.5 Å². The van der Waals surface area contributed by atoms with Crippen molar-refractivity contribution in [3.05, 3.63) is 24.9 Å². The Morgan fingerprint density at radius 1 is 1.17 bits per heavy atom. The monoisotopic (exact) mass is 167 g/mol. The normalized spacial score (nSPS) is 11.4. The Bertz CT molecular complexity index is 147.